The number of fused-ring (bicyclic) bond motifs is 1. The van der Waals surface area contributed by atoms with Gasteiger partial charge in [0.25, 0.3) is 0 Å². The Morgan fingerprint density at radius 2 is 1.46 bits per heavy atom. The molecule has 0 radical (unpaired) electrons. The van der Waals surface area contributed by atoms with Crippen molar-refractivity contribution in [2.24, 2.45) is 0 Å². The zero-order valence-electron chi connectivity index (χ0n) is 19.7. The van der Waals surface area contributed by atoms with Crippen LogP contribution < -0.4 is 9.80 Å². The molecule has 4 heterocycles. The largest absolute Gasteiger partial charge is 0.351 e. The Morgan fingerprint density at radius 1 is 0.743 bits per heavy atom. The maximum absolute atomic E-state index is 4.66. The van der Waals surface area contributed by atoms with Gasteiger partial charge in [0, 0.05) is 56.8 Å². The first kappa shape index (κ1) is 21.3. The number of piperazine rings is 1. The summed E-state index contributed by atoms with van der Waals surface area (Å²) in [4.78, 5) is 18.5. The van der Waals surface area contributed by atoms with E-state index in [1.807, 2.05) is 23.0 Å². The highest BCUT2D eigenvalue weighted by atomic mass is 15.3. The summed E-state index contributed by atoms with van der Waals surface area (Å²) in [6.45, 7) is 5.51. The van der Waals surface area contributed by atoms with Crippen molar-refractivity contribution < 1.29 is 0 Å². The van der Waals surface area contributed by atoms with E-state index >= 15 is 0 Å². The SMILES string of the molecule is Cc1ccc(-c2cc3c(N4CCN(c5ncc(Cc6ccccc6)cn5)CC4)ncnn3c2)cc1. The molecule has 1 fully saturated rings. The lowest BCUT2D eigenvalue weighted by Gasteiger charge is -2.35. The summed E-state index contributed by atoms with van der Waals surface area (Å²) < 4.78 is 1.93. The van der Waals surface area contributed by atoms with E-state index in [0.29, 0.717) is 0 Å². The molecule has 1 aliphatic heterocycles. The number of hydrogen-bond donors (Lipinski definition) is 0. The standard InChI is InChI=1S/C28H27N7/c1-21-7-9-24(10-8-21)25-16-26-27(31-20-32-35(26)19-25)33-11-13-34(14-12-33)28-29-17-23(18-30-28)15-22-5-3-2-4-6-22/h2-10,16-20H,11-15H2,1H3. The van der Waals surface area contributed by atoms with E-state index < -0.39 is 0 Å². The maximum Gasteiger partial charge on any atom is 0.225 e. The molecule has 1 aliphatic rings. The van der Waals surface area contributed by atoms with E-state index in [-0.39, 0.29) is 0 Å². The molecule has 35 heavy (non-hydrogen) atoms. The highest BCUT2D eigenvalue weighted by Crippen LogP contribution is 2.28. The lowest BCUT2D eigenvalue weighted by Crippen LogP contribution is -2.47. The first-order chi connectivity index (χ1) is 17.2. The number of nitrogens with zero attached hydrogens (tertiary/aromatic N) is 7. The van der Waals surface area contributed by atoms with Crippen LogP contribution in [0, 0.1) is 6.92 Å². The predicted molar refractivity (Wildman–Crippen MR) is 139 cm³/mol. The molecule has 0 aliphatic carbocycles. The van der Waals surface area contributed by atoms with Gasteiger partial charge >= 0.3 is 0 Å². The third kappa shape index (κ3) is 4.45. The van der Waals surface area contributed by atoms with Crippen LogP contribution in [0.2, 0.25) is 0 Å². The molecule has 0 N–H and O–H groups in total. The Kier molecular flexibility index (Phi) is 5.58. The number of aryl methyl sites for hydroxylation is 1. The van der Waals surface area contributed by atoms with Crippen molar-refractivity contribution in [2.75, 3.05) is 36.0 Å². The molecule has 3 aromatic heterocycles. The zero-order valence-corrected chi connectivity index (χ0v) is 19.7. The minimum atomic E-state index is 0.790. The Hall–Kier alpha value is -4.26. The van der Waals surface area contributed by atoms with Gasteiger partial charge in [-0.15, -0.1) is 0 Å². The molecule has 0 amide bonds. The Labute approximate surface area is 204 Å². The Balaban J connectivity index is 1.15. The molecule has 0 saturated carbocycles. The third-order valence-electron chi connectivity index (χ3n) is 6.58. The lowest BCUT2D eigenvalue weighted by molar-refractivity contribution is 0.633. The number of benzene rings is 2. The highest BCUT2D eigenvalue weighted by Gasteiger charge is 2.22. The summed E-state index contributed by atoms with van der Waals surface area (Å²) >= 11 is 0. The van der Waals surface area contributed by atoms with Gasteiger partial charge in [-0.2, -0.15) is 5.10 Å². The van der Waals surface area contributed by atoms with Crippen LogP contribution in [0.1, 0.15) is 16.7 Å². The van der Waals surface area contributed by atoms with Gasteiger partial charge in [0.05, 0.1) is 0 Å². The molecule has 0 spiro atoms. The van der Waals surface area contributed by atoms with Crippen LogP contribution in [-0.2, 0) is 6.42 Å². The molecule has 174 valence electrons. The van der Waals surface area contributed by atoms with Crippen molar-refractivity contribution in [2.45, 2.75) is 13.3 Å². The Bertz CT molecular complexity index is 1420. The lowest BCUT2D eigenvalue weighted by atomic mass is 10.1. The molecule has 5 aromatic rings. The quantitative estimate of drug-likeness (QED) is 0.386. The molecule has 2 aromatic carbocycles. The molecule has 0 atom stereocenters. The van der Waals surface area contributed by atoms with Crippen molar-refractivity contribution in [1.29, 1.82) is 0 Å². The van der Waals surface area contributed by atoms with Crippen molar-refractivity contribution in [3.05, 3.63) is 102 Å². The molecular formula is C28H27N7. The van der Waals surface area contributed by atoms with Gasteiger partial charge in [-0.1, -0.05) is 60.2 Å². The van der Waals surface area contributed by atoms with Gasteiger partial charge in [-0.05, 0) is 29.7 Å². The Morgan fingerprint density at radius 3 is 2.20 bits per heavy atom. The predicted octanol–water partition coefficient (Wildman–Crippen LogP) is 4.41. The average Bonchev–Trinajstić information content (AvgIpc) is 3.35. The van der Waals surface area contributed by atoms with Crippen molar-refractivity contribution in [3.8, 4) is 11.1 Å². The molecule has 1 saturated heterocycles. The second-order valence-corrected chi connectivity index (χ2v) is 9.04. The van der Waals surface area contributed by atoms with Gasteiger partial charge in [-0.3, -0.25) is 0 Å². The summed E-state index contributed by atoms with van der Waals surface area (Å²) in [5, 5.41) is 4.45. The van der Waals surface area contributed by atoms with Crippen LogP contribution in [0.4, 0.5) is 11.8 Å². The minimum Gasteiger partial charge on any atom is -0.351 e. The molecule has 0 unspecified atom stereocenters. The van der Waals surface area contributed by atoms with Crippen LogP contribution in [0.3, 0.4) is 0 Å². The van der Waals surface area contributed by atoms with Crippen LogP contribution >= 0.6 is 0 Å². The van der Waals surface area contributed by atoms with Gasteiger partial charge in [0.1, 0.15) is 11.8 Å². The number of anilines is 2. The molecule has 7 nitrogen and oxygen atoms in total. The second-order valence-electron chi connectivity index (χ2n) is 9.04. The topological polar surface area (TPSA) is 62.5 Å². The summed E-state index contributed by atoms with van der Waals surface area (Å²) in [5.41, 5.74) is 7.01. The van der Waals surface area contributed by atoms with Crippen LogP contribution in [0.15, 0.2) is 85.6 Å². The fourth-order valence-electron chi connectivity index (χ4n) is 4.62. The number of rotatable bonds is 5. The normalized spacial score (nSPS) is 14.0. The first-order valence-electron chi connectivity index (χ1n) is 12.0. The molecule has 0 bridgehead atoms. The summed E-state index contributed by atoms with van der Waals surface area (Å²) in [5.74, 6) is 1.76. The van der Waals surface area contributed by atoms with Gasteiger partial charge in [0.2, 0.25) is 5.95 Å². The summed E-state index contributed by atoms with van der Waals surface area (Å²) in [7, 11) is 0. The first-order valence-corrected chi connectivity index (χ1v) is 12.0. The van der Waals surface area contributed by atoms with Crippen LogP contribution in [0.25, 0.3) is 16.6 Å². The molecular weight excluding hydrogens is 434 g/mol. The van der Waals surface area contributed by atoms with Gasteiger partial charge in [-0.25, -0.2) is 19.5 Å². The van der Waals surface area contributed by atoms with E-state index in [0.717, 1.165) is 61.0 Å². The maximum atomic E-state index is 4.66. The van der Waals surface area contributed by atoms with E-state index in [2.05, 4.69) is 97.6 Å². The number of aromatic nitrogens is 5. The van der Waals surface area contributed by atoms with Gasteiger partial charge < -0.3 is 9.80 Å². The fourth-order valence-corrected chi connectivity index (χ4v) is 4.62. The van der Waals surface area contributed by atoms with E-state index in [1.165, 1.54) is 16.7 Å². The molecule has 7 heteroatoms. The highest BCUT2D eigenvalue weighted by molar-refractivity contribution is 5.77. The van der Waals surface area contributed by atoms with Crippen LogP contribution in [-0.4, -0.2) is 50.7 Å². The monoisotopic (exact) mass is 461 g/mol. The molecule has 6 rings (SSSR count). The second kappa shape index (κ2) is 9.18. The summed E-state index contributed by atoms with van der Waals surface area (Å²) in [6.07, 6.45) is 8.46. The summed E-state index contributed by atoms with van der Waals surface area (Å²) in [6, 6.07) is 21.2. The van der Waals surface area contributed by atoms with Crippen molar-refractivity contribution >= 4 is 17.3 Å². The van der Waals surface area contributed by atoms with Crippen molar-refractivity contribution in [1.82, 2.24) is 24.6 Å². The number of hydrogen-bond acceptors (Lipinski definition) is 6. The fraction of sp³-hybridized carbons (Fsp3) is 0.214. The third-order valence-corrected chi connectivity index (χ3v) is 6.58. The van der Waals surface area contributed by atoms with E-state index in [9.17, 15) is 0 Å². The van der Waals surface area contributed by atoms with Gasteiger partial charge in [0.15, 0.2) is 5.82 Å². The minimum absolute atomic E-state index is 0.790. The smallest absolute Gasteiger partial charge is 0.225 e. The van der Waals surface area contributed by atoms with Crippen molar-refractivity contribution in [3.63, 3.8) is 0 Å². The zero-order chi connectivity index (χ0) is 23.6. The van der Waals surface area contributed by atoms with E-state index in [4.69, 9.17) is 0 Å². The average molecular weight is 462 g/mol. The van der Waals surface area contributed by atoms with Crippen LogP contribution in [0.5, 0.6) is 0 Å². The van der Waals surface area contributed by atoms with E-state index in [1.54, 1.807) is 6.33 Å².